The number of halogens is 1. The summed E-state index contributed by atoms with van der Waals surface area (Å²) < 4.78 is 13.9. The predicted molar refractivity (Wildman–Crippen MR) is 99.9 cm³/mol. The lowest BCUT2D eigenvalue weighted by molar-refractivity contribution is 0.286. The molecule has 3 aromatic rings. The molecule has 0 amide bonds. The molecule has 0 fully saturated rings. The topological polar surface area (TPSA) is 88.1 Å². The van der Waals surface area contributed by atoms with Gasteiger partial charge in [0.25, 0.3) is 6.01 Å². The van der Waals surface area contributed by atoms with Crippen LogP contribution in [0.2, 0.25) is 0 Å². The number of anilines is 1. The van der Waals surface area contributed by atoms with Crippen molar-refractivity contribution in [2.24, 2.45) is 0 Å². The third kappa shape index (κ3) is 3.84. The van der Waals surface area contributed by atoms with Gasteiger partial charge in [0.05, 0.1) is 20.3 Å². The fourth-order valence-corrected chi connectivity index (χ4v) is 2.69. The first kappa shape index (κ1) is 17.5. The van der Waals surface area contributed by atoms with Gasteiger partial charge >= 0.3 is 6.01 Å². The molecule has 1 aromatic carbocycles. The largest absolute Gasteiger partial charge is 0.468 e. The van der Waals surface area contributed by atoms with Crippen molar-refractivity contribution in [3.63, 3.8) is 0 Å². The third-order valence-corrected chi connectivity index (χ3v) is 4.26. The minimum absolute atomic E-state index is 0.262. The highest BCUT2D eigenvalue weighted by molar-refractivity contribution is 9.10. The van der Waals surface area contributed by atoms with Crippen LogP contribution >= 0.6 is 15.9 Å². The van der Waals surface area contributed by atoms with Gasteiger partial charge in [0.1, 0.15) is 0 Å². The maximum Gasteiger partial charge on any atom is 0.320 e. The van der Waals surface area contributed by atoms with Gasteiger partial charge in [0.15, 0.2) is 17.0 Å². The number of imidazole rings is 1. The minimum atomic E-state index is 0.262. The van der Waals surface area contributed by atoms with Crippen LogP contribution in [0.25, 0.3) is 11.2 Å². The number of unbranched alkanes of at least 4 members (excludes halogenated alkanes) is 1. The van der Waals surface area contributed by atoms with E-state index in [1.54, 1.807) is 7.11 Å². The number of aromatic nitrogens is 4. The van der Waals surface area contributed by atoms with Gasteiger partial charge in [-0.15, -0.1) is 0 Å². The van der Waals surface area contributed by atoms with Crippen LogP contribution in [0, 0.1) is 0 Å². The summed E-state index contributed by atoms with van der Waals surface area (Å²) in [5.41, 5.74) is 8.24. The zero-order chi connectivity index (χ0) is 17.8. The Hall–Kier alpha value is -2.35. The van der Waals surface area contributed by atoms with Crippen molar-refractivity contribution in [3.8, 4) is 12.0 Å². The molecule has 0 aliphatic rings. The van der Waals surface area contributed by atoms with Crippen molar-refractivity contribution in [2.75, 3.05) is 19.5 Å². The number of fused-ring (bicyclic) bond motifs is 1. The number of nitrogen functional groups attached to an aromatic ring is 1. The first-order valence-corrected chi connectivity index (χ1v) is 8.86. The van der Waals surface area contributed by atoms with Crippen molar-refractivity contribution >= 4 is 32.9 Å². The molecular formula is C17H20BrN5O2. The van der Waals surface area contributed by atoms with Crippen LogP contribution in [0.15, 0.2) is 28.7 Å². The number of hydrogen-bond donors (Lipinski definition) is 1. The molecular weight excluding hydrogens is 386 g/mol. The average Bonchev–Trinajstić information content (AvgIpc) is 2.95. The molecule has 8 heteroatoms. The van der Waals surface area contributed by atoms with Crippen molar-refractivity contribution in [1.29, 1.82) is 0 Å². The highest BCUT2D eigenvalue weighted by Gasteiger charge is 2.18. The molecule has 0 aliphatic heterocycles. The summed E-state index contributed by atoms with van der Waals surface area (Å²) >= 11 is 3.44. The summed E-state index contributed by atoms with van der Waals surface area (Å²) in [6, 6.07) is 8.73. The van der Waals surface area contributed by atoms with Crippen molar-refractivity contribution < 1.29 is 9.47 Å². The Morgan fingerprint density at radius 2 is 1.92 bits per heavy atom. The maximum atomic E-state index is 6.04. The Kier molecular flexibility index (Phi) is 5.37. The highest BCUT2D eigenvalue weighted by atomic mass is 79.9. The monoisotopic (exact) mass is 405 g/mol. The van der Waals surface area contributed by atoms with E-state index in [9.17, 15) is 0 Å². The van der Waals surface area contributed by atoms with Crippen LogP contribution in [0.1, 0.15) is 25.3 Å². The van der Waals surface area contributed by atoms with Gasteiger partial charge in [-0.3, -0.25) is 4.57 Å². The molecule has 0 saturated carbocycles. The van der Waals surface area contributed by atoms with E-state index < -0.39 is 0 Å². The van der Waals surface area contributed by atoms with Crippen molar-refractivity contribution in [1.82, 2.24) is 19.5 Å². The molecule has 0 unspecified atom stereocenters. The zero-order valence-electron chi connectivity index (χ0n) is 14.2. The van der Waals surface area contributed by atoms with E-state index in [4.69, 9.17) is 15.2 Å². The third-order valence-electron chi connectivity index (χ3n) is 3.73. The molecule has 2 heterocycles. The van der Waals surface area contributed by atoms with E-state index in [0.717, 1.165) is 22.9 Å². The van der Waals surface area contributed by atoms with Crippen molar-refractivity contribution in [3.05, 3.63) is 34.3 Å². The number of hydrogen-bond acceptors (Lipinski definition) is 6. The lowest BCUT2D eigenvalue weighted by atomic mass is 10.2. The molecule has 0 spiro atoms. The predicted octanol–water partition coefficient (Wildman–Crippen LogP) is 3.41. The molecule has 7 nitrogen and oxygen atoms in total. The van der Waals surface area contributed by atoms with Crippen molar-refractivity contribution in [2.45, 2.75) is 26.3 Å². The summed E-state index contributed by atoms with van der Waals surface area (Å²) in [4.78, 5) is 13.1. The molecule has 132 valence electrons. The number of nitrogens with two attached hydrogens (primary N) is 1. The van der Waals surface area contributed by atoms with Crippen LogP contribution in [0.4, 0.5) is 5.82 Å². The minimum Gasteiger partial charge on any atom is -0.468 e. The smallest absolute Gasteiger partial charge is 0.320 e. The van der Waals surface area contributed by atoms with E-state index in [1.807, 2.05) is 28.8 Å². The number of nitrogens with zero attached hydrogens (tertiary/aromatic N) is 4. The number of rotatable bonds is 7. The Balaban J connectivity index is 2.00. The highest BCUT2D eigenvalue weighted by Crippen LogP contribution is 2.26. The SMILES string of the molecule is CCCCOc1nc(N)c2nc(OC)n(Cc3ccc(Br)cc3)c2n1. The van der Waals surface area contributed by atoms with Gasteiger partial charge in [-0.05, 0) is 24.1 Å². The maximum absolute atomic E-state index is 6.04. The lowest BCUT2D eigenvalue weighted by Crippen LogP contribution is -2.07. The van der Waals surface area contributed by atoms with Crippen LogP contribution in [0.5, 0.6) is 12.0 Å². The Bertz CT molecular complexity index is 864. The van der Waals surface area contributed by atoms with E-state index in [-0.39, 0.29) is 11.8 Å². The second-order valence-corrected chi connectivity index (χ2v) is 6.49. The van der Waals surface area contributed by atoms with Gasteiger partial charge in [0, 0.05) is 4.47 Å². The lowest BCUT2D eigenvalue weighted by Gasteiger charge is -2.09. The van der Waals surface area contributed by atoms with Crippen LogP contribution in [0.3, 0.4) is 0 Å². The van der Waals surface area contributed by atoms with Gasteiger partial charge in [-0.1, -0.05) is 41.4 Å². The Morgan fingerprint density at radius 1 is 1.16 bits per heavy atom. The quantitative estimate of drug-likeness (QED) is 0.605. The second-order valence-electron chi connectivity index (χ2n) is 5.58. The first-order valence-electron chi connectivity index (χ1n) is 8.07. The Labute approximate surface area is 154 Å². The molecule has 25 heavy (non-hydrogen) atoms. The molecule has 0 atom stereocenters. The molecule has 2 aromatic heterocycles. The molecule has 3 rings (SSSR count). The van der Waals surface area contributed by atoms with Gasteiger partial charge in [-0.2, -0.15) is 15.0 Å². The summed E-state index contributed by atoms with van der Waals surface area (Å²) in [6.45, 7) is 3.21. The normalized spacial score (nSPS) is 11.0. The molecule has 0 radical (unpaired) electrons. The molecule has 0 saturated heterocycles. The summed E-state index contributed by atoms with van der Waals surface area (Å²) in [5, 5.41) is 0. The average molecular weight is 406 g/mol. The van der Waals surface area contributed by atoms with E-state index in [0.29, 0.717) is 30.3 Å². The van der Waals surface area contributed by atoms with Crippen LogP contribution < -0.4 is 15.2 Å². The van der Waals surface area contributed by atoms with Gasteiger partial charge in [0.2, 0.25) is 0 Å². The van der Waals surface area contributed by atoms with Gasteiger partial charge < -0.3 is 15.2 Å². The fourth-order valence-electron chi connectivity index (χ4n) is 2.42. The first-order chi connectivity index (χ1) is 12.1. The van der Waals surface area contributed by atoms with E-state index >= 15 is 0 Å². The fraction of sp³-hybridized carbons (Fsp3) is 0.353. The van der Waals surface area contributed by atoms with Gasteiger partial charge in [-0.25, -0.2) is 0 Å². The van der Waals surface area contributed by atoms with E-state index in [2.05, 4.69) is 37.8 Å². The summed E-state index contributed by atoms with van der Waals surface area (Å²) in [5.74, 6) is 0.282. The summed E-state index contributed by atoms with van der Waals surface area (Å²) in [6.07, 6.45) is 1.97. The van der Waals surface area contributed by atoms with Crippen LogP contribution in [-0.4, -0.2) is 33.2 Å². The van der Waals surface area contributed by atoms with E-state index in [1.165, 1.54) is 0 Å². The number of methoxy groups -OCH3 is 1. The number of ether oxygens (including phenoxy) is 2. The zero-order valence-corrected chi connectivity index (χ0v) is 15.8. The molecule has 0 aliphatic carbocycles. The second kappa shape index (κ2) is 7.69. The molecule has 2 N–H and O–H groups in total. The molecule has 0 bridgehead atoms. The number of benzene rings is 1. The standard InChI is InChI=1S/C17H20BrN5O2/c1-3-4-9-25-16-21-14(19)13-15(22-16)23(17(20-13)24-2)10-11-5-7-12(18)8-6-11/h5-8H,3-4,9-10H2,1-2H3,(H2,19,21,22). The Morgan fingerprint density at radius 3 is 2.60 bits per heavy atom. The summed E-state index contributed by atoms with van der Waals surface area (Å²) in [7, 11) is 1.57. The van der Waals surface area contributed by atoms with Crippen LogP contribution in [-0.2, 0) is 6.54 Å².